The molecule has 5 aromatic rings. The molecule has 0 amide bonds. The zero-order valence-corrected chi connectivity index (χ0v) is 17.8. The van der Waals surface area contributed by atoms with E-state index in [-0.39, 0.29) is 22.2 Å². The molecule has 5 rings (SSSR count). The lowest BCUT2D eigenvalue weighted by Gasteiger charge is -2.07. The fourth-order valence-electron chi connectivity index (χ4n) is 3.02. The summed E-state index contributed by atoms with van der Waals surface area (Å²) in [5.74, 6) is -2.08. The van der Waals surface area contributed by atoms with Crippen molar-refractivity contribution in [3.05, 3.63) is 46.7 Å². The predicted molar refractivity (Wildman–Crippen MR) is 118 cm³/mol. The van der Waals surface area contributed by atoms with Crippen molar-refractivity contribution in [2.24, 2.45) is 0 Å². The lowest BCUT2D eigenvalue weighted by atomic mass is 10.1. The number of hydrogen-bond acceptors (Lipinski definition) is 11. The normalized spacial score (nSPS) is 11.0. The van der Waals surface area contributed by atoms with E-state index >= 15 is 0 Å². The van der Waals surface area contributed by atoms with Crippen LogP contribution in [0.5, 0.6) is 5.75 Å². The molecule has 0 saturated heterocycles. The van der Waals surface area contributed by atoms with E-state index in [1.54, 1.807) is 12.1 Å². The van der Waals surface area contributed by atoms with E-state index < -0.39 is 11.9 Å². The van der Waals surface area contributed by atoms with Gasteiger partial charge in [0.15, 0.2) is 0 Å². The second-order valence-electron chi connectivity index (χ2n) is 6.51. The maximum atomic E-state index is 11.2. The number of nitrogens with zero attached hydrogens (tertiary/aromatic N) is 5. The molecule has 0 spiro atoms. The number of pyridine rings is 3. The maximum Gasteiger partial charge on any atom is 0.365 e. The Morgan fingerprint density at radius 1 is 0.758 bits per heavy atom. The van der Waals surface area contributed by atoms with Gasteiger partial charge in [0.25, 0.3) is 6.47 Å². The Bertz CT molecular complexity index is 1480. The van der Waals surface area contributed by atoms with Crippen LogP contribution in [0.25, 0.3) is 43.2 Å². The number of thiazole rings is 2. The molecule has 0 radical (unpaired) electrons. The minimum atomic E-state index is -1.13. The van der Waals surface area contributed by atoms with Gasteiger partial charge in [-0.3, -0.25) is 14.8 Å². The molecule has 0 aliphatic heterocycles. The Kier molecular flexibility index (Phi) is 4.95. The van der Waals surface area contributed by atoms with E-state index in [0.717, 1.165) is 22.7 Å². The third kappa shape index (κ3) is 3.86. The van der Waals surface area contributed by atoms with Gasteiger partial charge in [0.05, 0.1) is 43.2 Å². The van der Waals surface area contributed by atoms with Gasteiger partial charge in [-0.1, -0.05) is 0 Å². The van der Waals surface area contributed by atoms with Crippen LogP contribution in [-0.4, -0.2) is 53.5 Å². The highest BCUT2D eigenvalue weighted by Crippen LogP contribution is 2.31. The third-order valence-electron chi connectivity index (χ3n) is 4.42. The van der Waals surface area contributed by atoms with Gasteiger partial charge < -0.3 is 14.9 Å². The first-order valence-electron chi connectivity index (χ1n) is 9.04. The van der Waals surface area contributed by atoms with E-state index in [1.807, 2.05) is 0 Å². The number of aromatic nitrogens is 5. The molecule has 0 aliphatic rings. The summed E-state index contributed by atoms with van der Waals surface area (Å²) >= 11 is 2.01. The van der Waals surface area contributed by atoms with Gasteiger partial charge in [0.1, 0.15) is 5.75 Å². The SMILES string of the molecule is O=COc1cc(-c2cc3nc(C(=O)O)sc3cn2)nc(-c2cc3nc(C(=O)O)sc3cn2)c1. The minimum absolute atomic E-state index is 0.0582. The Morgan fingerprint density at radius 3 is 1.67 bits per heavy atom. The molecule has 13 heteroatoms. The molecule has 162 valence electrons. The summed E-state index contributed by atoms with van der Waals surface area (Å²) in [7, 11) is 0. The molecule has 11 nitrogen and oxygen atoms in total. The monoisotopic (exact) mass is 479 g/mol. The molecular formula is C20H9N5O6S2. The van der Waals surface area contributed by atoms with Gasteiger partial charge in [0, 0.05) is 24.5 Å². The summed E-state index contributed by atoms with van der Waals surface area (Å²) in [6.45, 7) is 0.273. The molecule has 0 aliphatic carbocycles. The van der Waals surface area contributed by atoms with Crippen molar-refractivity contribution in [3.8, 4) is 28.5 Å². The van der Waals surface area contributed by atoms with Gasteiger partial charge >= 0.3 is 11.9 Å². The number of carboxylic acids is 2. The van der Waals surface area contributed by atoms with Gasteiger partial charge in [-0.2, -0.15) is 0 Å². The summed E-state index contributed by atoms with van der Waals surface area (Å²) in [5, 5.41) is 18.2. The Labute approximate surface area is 191 Å². The molecule has 0 bridgehead atoms. The quantitative estimate of drug-likeness (QED) is 0.343. The van der Waals surface area contributed by atoms with E-state index in [1.165, 1.54) is 24.5 Å². The van der Waals surface area contributed by atoms with Crippen LogP contribution < -0.4 is 4.74 Å². The first-order valence-corrected chi connectivity index (χ1v) is 10.7. The Balaban J connectivity index is 1.62. The molecule has 0 fully saturated rings. The number of carbonyl (C=O) groups excluding carboxylic acids is 1. The maximum absolute atomic E-state index is 11.2. The second-order valence-corrected chi connectivity index (χ2v) is 8.57. The summed E-state index contributed by atoms with van der Waals surface area (Å²) < 4.78 is 6.21. The third-order valence-corrected chi connectivity index (χ3v) is 6.41. The molecule has 33 heavy (non-hydrogen) atoms. The lowest BCUT2D eigenvalue weighted by Crippen LogP contribution is -1.96. The van der Waals surface area contributed by atoms with E-state index in [4.69, 9.17) is 14.9 Å². The van der Waals surface area contributed by atoms with Crippen molar-refractivity contribution in [1.82, 2.24) is 24.9 Å². The average molecular weight is 479 g/mol. The number of fused-ring (bicyclic) bond motifs is 2. The number of hydrogen-bond donors (Lipinski definition) is 2. The van der Waals surface area contributed by atoms with Crippen LogP contribution >= 0.6 is 22.7 Å². The summed E-state index contributed by atoms with van der Waals surface area (Å²) in [4.78, 5) is 54.7. The van der Waals surface area contributed by atoms with Crippen LogP contribution in [0.4, 0.5) is 0 Å². The zero-order chi connectivity index (χ0) is 23.1. The molecule has 0 saturated carbocycles. The molecule has 5 heterocycles. The highest BCUT2D eigenvalue weighted by Gasteiger charge is 2.16. The number of carbonyl (C=O) groups is 3. The lowest BCUT2D eigenvalue weighted by molar-refractivity contribution is -0.120. The van der Waals surface area contributed by atoms with Gasteiger partial charge in [0.2, 0.25) is 10.0 Å². The summed E-state index contributed by atoms with van der Waals surface area (Å²) in [6.07, 6.45) is 2.99. The summed E-state index contributed by atoms with van der Waals surface area (Å²) in [5.41, 5.74) is 2.31. The van der Waals surface area contributed by atoms with Gasteiger partial charge in [-0.05, 0) is 12.1 Å². The number of rotatable bonds is 6. The van der Waals surface area contributed by atoms with Crippen LogP contribution in [-0.2, 0) is 4.79 Å². The van der Waals surface area contributed by atoms with Crippen molar-refractivity contribution in [1.29, 1.82) is 0 Å². The highest BCUT2D eigenvalue weighted by atomic mass is 32.1. The van der Waals surface area contributed by atoms with E-state index in [0.29, 0.717) is 43.2 Å². The van der Waals surface area contributed by atoms with Gasteiger partial charge in [-0.25, -0.2) is 24.5 Å². The fourth-order valence-corrected chi connectivity index (χ4v) is 4.53. The predicted octanol–water partition coefficient (Wildman–Crippen LogP) is 3.36. The fraction of sp³-hybridized carbons (Fsp3) is 0. The van der Waals surface area contributed by atoms with Crippen LogP contribution in [0.2, 0.25) is 0 Å². The van der Waals surface area contributed by atoms with Crippen molar-refractivity contribution >= 4 is 61.5 Å². The largest absolute Gasteiger partial charge is 0.476 e. The molecular weight excluding hydrogens is 470 g/mol. The van der Waals surface area contributed by atoms with Gasteiger partial charge in [-0.15, -0.1) is 22.7 Å². The molecule has 5 aromatic heterocycles. The topological polar surface area (TPSA) is 165 Å². The Hall–Kier alpha value is -4.36. The molecule has 0 atom stereocenters. The van der Waals surface area contributed by atoms with Crippen LogP contribution in [0.15, 0.2) is 36.7 Å². The number of ether oxygens (including phenoxy) is 1. The Morgan fingerprint density at radius 2 is 1.24 bits per heavy atom. The smallest absolute Gasteiger partial charge is 0.365 e. The minimum Gasteiger partial charge on any atom is -0.476 e. The first-order chi connectivity index (χ1) is 15.9. The van der Waals surface area contributed by atoms with Crippen molar-refractivity contribution in [2.75, 3.05) is 0 Å². The second kappa shape index (κ2) is 7.96. The molecule has 2 N–H and O–H groups in total. The standard InChI is InChI=1S/C20H9N5O6S2/c26-7-31-8-1-11(9-3-13-15(5-21-9)32-17(24-13)19(27)28)23-12(2-8)10-4-14-16(6-22-10)33-18(25-14)20(29)30/h1-7H,(H,27,28)(H,29,30). The highest BCUT2D eigenvalue weighted by molar-refractivity contribution is 7.20. The number of carboxylic acid groups (broad SMARTS) is 2. The van der Waals surface area contributed by atoms with E-state index in [2.05, 4.69) is 24.9 Å². The van der Waals surface area contributed by atoms with E-state index in [9.17, 15) is 14.4 Å². The van der Waals surface area contributed by atoms with Crippen molar-refractivity contribution in [2.45, 2.75) is 0 Å². The van der Waals surface area contributed by atoms with Crippen LogP contribution in [0.3, 0.4) is 0 Å². The molecule has 0 aromatic carbocycles. The molecule has 0 unspecified atom stereocenters. The number of aromatic carboxylic acids is 2. The summed E-state index contributed by atoms with van der Waals surface area (Å²) in [6, 6.07) is 6.18. The van der Waals surface area contributed by atoms with Crippen LogP contribution in [0, 0.1) is 0 Å². The zero-order valence-electron chi connectivity index (χ0n) is 16.1. The first kappa shape index (κ1) is 20.5. The average Bonchev–Trinajstić information content (AvgIpc) is 3.42. The van der Waals surface area contributed by atoms with Crippen molar-refractivity contribution < 1.29 is 29.3 Å². The van der Waals surface area contributed by atoms with Crippen molar-refractivity contribution in [3.63, 3.8) is 0 Å². The van der Waals surface area contributed by atoms with Crippen LogP contribution in [0.1, 0.15) is 19.6 Å².